The van der Waals surface area contributed by atoms with E-state index in [0.29, 0.717) is 0 Å². The molecule has 0 aromatic rings. The minimum atomic E-state index is 0.719. The van der Waals surface area contributed by atoms with Crippen molar-refractivity contribution in [2.75, 3.05) is 19.6 Å². The van der Waals surface area contributed by atoms with Gasteiger partial charge >= 0.3 is 0 Å². The third-order valence-corrected chi connectivity index (χ3v) is 4.94. The summed E-state index contributed by atoms with van der Waals surface area (Å²) in [6, 6.07) is 0.719. The van der Waals surface area contributed by atoms with Gasteiger partial charge < -0.3 is 5.73 Å². The number of likely N-dealkylation sites (tertiary alicyclic amines) is 1. The van der Waals surface area contributed by atoms with Crippen LogP contribution in [-0.2, 0) is 0 Å². The van der Waals surface area contributed by atoms with E-state index >= 15 is 0 Å². The molecule has 1 aliphatic heterocycles. The Bertz CT molecular complexity index is 221. The highest BCUT2D eigenvalue weighted by Gasteiger charge is 2.54. The summed E-state index contributed by atoms with van der Waals surface area (Å²) in [5.74, 6) is 0.917. The van der Waals surface area contributed by atoms with Gasteiger partial charge in [-0.1, -0.05) is 19.3 Å². The predicted molar refractivity (Wildman–Crippen MR) is 62.7 cm³/mol. The van der Waals surface area contributed by atoms with Crippen LogP contribution in [0.15, 0.2) is 0 Å². The number of nitrogens with two attached hydrogens (primary N) is 1. The lowest BCUT2D eigenvalue weighted by atomic mass is 9.80. The maximum atomic E-state index is 5.98. The first-order valence-corrected chi connectivity index (χ1v) is 6.77. The molecule has 3 rings (SSSR count). The van der Waals surface area contributed by atoms with Gasteiger partial charge in [0.25, 0.3) is 0 Å². The minimum absolute atomic E-state index is 0.719. The van der Waals surface area contributed by atoms with Crippen LogP contribution in [0.2, 0.25) is 0 Å². The summed E-state index contributed by atoms with van der Waals surface area (Å²) >= 11 is 0. The lowest BCUT2D eigenvalue weighted by molar-refractivity contribution is 0.00602. The van der Waals surface area contributed by atoms with Gasteiger partial charge in [0.15, 0.2) is 0 Å². The molecule has 3 aliphatic rings. The Morgan fingerprint density at radius 1 is 1.13 bits per heavy atom. The van der Waals surface area contributed by atoms with Crippen molar-refractivity contribution in [3.05, 3.63) is 0 Å². The van der Waals surface area contributed by atoms with Crippen LogP contribution >= 0.6 is 0 Å². The molecule has 2 heteroatoms. The van der Waals surface area contributed by atoms with E-state index < -0.39 is 0 Å². The van der Waals surface area contributed by atoms with Gasteiger partial charge in [0.1, 0.15) is 0 Å². The highest BCUT2D eigenvalue weighted by atomic mass is 15.3. The lowest BCUT2D eigenvalue weighted by Crippen LogP contribution is -2.58. The van der Waals surface area contributed by atoms with Crippen LogP contribution in [0.3, 0.4) is 0 Å². The Balaban J connectivity index is 1.56. The summed E-state index contributed by atoms with van der Waals surface area (Å²) in [7, 11) is 0. The molecule has 1 unspecified atom stereocenters. The summed E-state index contributed by atoms with van der Waals surface area (Å²) in [5, 5.41) is 0. The van der Waals surface area contributed by atoms with Gasteiger partial charge in [-0.25, -0.2) is 0 Å². The monoisotopic (exact) mass is 208 g/mol. The topological polar surface area (TPSA) is 29.3 Å². The molecule has 0 bridgehead atoms. The van der Waals surface area contributed by atoms with E-state index in [9.17, 15) is 0 Å². The van der Waals surface area contributed by atoms with Crippen LogP contribution in [0.25, 0.3) is 0 Å². The fourth-order valence-corrected chi connectivity index (χ4v) is 3.70. The van der Waals surface area contributed by atoms with E-state index in [1.165, 1.54) is 58.0 Å². The largest absolute Gasteiger partial charge is 0.329 e. The highest BCUT2D eigenvalue weighted by Crippen LogP contribution is 2.54. The second-order valence-electron chi connectivity index (χ2n) is 6.11. The minimum Gasteiger partial charge on any atom is -0.329 e. The molecule has 2 nitrogen and oxygen atoms in total. The smallest absolute Gasteiger partial charge is 0.0247 e. The Morgan fingerprint density at radius 3 is 2.33 bits per heavy atom. The SMILES string of the molecule is NCC(C1CCCCC1)N1CC2(CC2)C1. The molecule has 0 amide bonds. The van der Waals surface area contributed by atoms with Gasteiger partial charge in [0.2, 0.25) is 0 Å². The zero-order chi connectivity index (χ0) is 10.3. The van der Waals surface area contributed by atoms with Gasteiger partial charge in [0.05, 0.1) is 0 Å². The quantitative estimate of drug-likeness (QED) is 0.768. The number of hydrogen-bond donors (Lipinski definition) is 1. The molecule has 1 atom stereocenters. The molecule has 1 spiro atoms. The molecule has 2 aliphatic carbocycles. The number of hydrogen-bond acceptors (Lipinski definition) is 2. The third kappa shape index (κ3) is 1.83. The fraction of sp³-hybridized carbons (Fsp3) is 1.00. The van der Waals surface area contributed by atoms with Crippen LogP contribution in [-0.4, -0.2) is 30.6 Å². The van der Waals surface area contributed by atoms with Crippen LogP contribution in [0, 0.1) is 11.3 Å². The van der Waals surface area contributed by atoms with Crippen molar-refractivity contribution in [2.45, 2.75) is 51.0 Å². The zero-order valence-electron chi connectivity index (χ0n) is 9.75. The van der Waals surface area contributed by atoms with Crippen molar-refractivity contribution in [1.82, 2.24) is 4.90 Å². The molecule has 86 valence electrons. The summed E-state index contributed by atoms with van der Waals surface area (Å²) in [4.78, 5) is 2.68. The summed E-state index contributed by atoms with van der Waals surface area (Å²) in [5.41, 5.74) is 6.78. The van der Waals surface area contributed by atoms with Crippen molar-refractivity contribution in [3.8, 4) is 0 Å². The molecule has 15 heavy (non-hydrogen) atoms. The normalized spacial score (nSPS) is 32.6. The van der Waals surface area contributed by atoms with E-state index in [2.05, 4.69) is 4.90 Å². The van der Waals surface area contributed by atoms with Gasteiger partial charge in [-0.3, -0.25) is 4.90 Å². The van der Waals surface area contributed by atoms with Gasteiger partial charge in [-0.2, -0.15) is 0 Å². The van der Waals surface area contributed by atoms with Crippen molar-refractivity contribution in [3.63, 3.8) is 0 Å². The molecule has 2 saturated carbocycles. The van der Waals surface area contributed by atoms with Crippen molar-refractivity contribution in [2.24, 2.45) is 17.1 Å². The van der Waals surface area contributed by atoms with Gasteiger partial charge in [-0.15, -0.1) is 0 Å². The van der Waals surface area contributed by atoms with Crippen LogP contribution < -0.4 is 5.73 Å². The molecule has 2 N–H and O–H groups in total. The zero-order valence-corrected chi connectivity index (χ0v) is 9.75. The predicted octanol–water partition coefficient (Wildman–Crippen LogP) is 1.99. The molecule has 3 fully saturated rings. The maximum Gasteiger partial charge on any atom is 0.0247 e. The Morgan fingerprint density at radius 2 is 1.80 bits per heavy atom. The van der Waals surface area contributed by atoms with E-state index in [1.54, 1.807) is 0 Å². The van der Waals surface area contributed by atoms with E-state index in [-0.39, 0.29) is 0 Å². The Labute approximate surface area is 93.2 Å². The average molecular weight is 208 g/mol. The van der Waals surface area contributed by atoms with Crippen molar-refractivity contribution < 1.29 is 0 Å². The van der Waals surface area contributed by atoms with Crippen LogP contribution in [0.5, 0.6) is 0 Å². The standard InChI is InChI=1S/C13H24N2/c14-8-12(11-4-2-1-3-5-11)15-9-13(10-15)6-7-13/h11-12H,1-10,14H2. The molecule has 1 saturated heterocycles. The van der Waals surface area contributed by atoms with Crippen molar-refractivity contribution >= 4 is 0 Å². The molecular weight excluding hydrogens is 184 g/mol. The molecule has 0 aromatic carbocycles. The molecule has 1 heterocycles. The van der Waals surface area contributed by atoms with Crippen LogP contribution in [0.4, 0.5) is 0 Å². The molecule has 0 aromatic heterocycles. The van der Waals surface area contributed by atoms with Gasteiger partial charge in [-0.05, 0) is 37.0 Å². The Hall–Kier alpha value is -0.0800. The van der Waals surface area contributed by atoms with E-state index in [1.807, 2.05) is 0 Å². The number of rotatable bonds is 3. The van der Waals surface area contributed by atoms with Gasteiger partial charge in [0, 0.05) is 25.7 Å². The summed E-state index contributed by atoms with van der Waals surface area (Å²) in [6.45, 7) is 3.62. The average Bonchev–Trinajstić information content (AvgIpc) is 3.00. The van der Waals surface area contributed by atoms with Crippen molar-refractivity contribution in [1.29, 1.82) is 0 Å². The second kappa shape index (κ2) is 3.74. The number of nitrogens with zero attached hydrogens (tertiary/aromatic N) is 1. The summed E-state index contributed by atoms with van der Waals surface area (Å²) < 4.78 is 0. The molecule has 0 radical (unpaired) electrons. The fourth-order valence-electron chi connectivity index (χ4n) is 3.70. The Kier molecular flexibility index (Phi) is 2.52. The second-order valence-corrected chi connectivity index (χ2v) is 6.11. The van der Waals surface area contributed by atoms with Crippen LogP contribution in [0.1, 0.15) is 44.9 Å². The van der Waals surface area contributed by atoms with E-state index in [0.717, 1.165) is 23.9 Å². The maximum absolute atomic E-state index is 5.98. The highest BCUT2D eigenvalue weighted by molar-refractivity contribution is 5.07. The summed E-state index contributed by atoms with van der Waals surface area (Å²) in [6.07, 6.45) is 10.2. The third-order valence-electron chi connectivity index (χ3n) is 4.94. The first kappa shape index (κ1) is 10.1. The molecular formula is C13H24N2. The lowest BCUT2D eigenvalue weighted by Gasteiger charge is -2.48. The first-order chi connectivity index (χ1) is 7.33. The van der Waals surface area contributed by atoms with E-state index in [4.69, 9.17) is 5.73 Å². The first-order valence-electron chi connectivity index (χ1n) is 6.77.